The first-order valence-corrected chi connectivity index (χ1v) is 35.3. The first-order chi connectivity index (χ1) is 18.8. The first-order valence-electron chi connectivity index (χ1n) is 15.0. The van der Waals surface area contributed by atoms with E-state index in [0.717, 1.165) is 18.9 Å². The summed E-state index contributed by atoms with van der Waals surface area (Å²) in [5.74, 6) is -1.67. The fraction of sp³-hybridized carbons (Fsp3) is 0.958. The number of hydrogen-bond donors (Lipinski definition) is 1. The largest absolute Gasteiger partial charge is 0.436 e. The average Bonchev–Trinajstić information content (AvgIpc) is 2.68. The average molecular weight is 746 g/mol. The second-order valence-electron chi connectivity index (χ2n) is 14.5. The summed E-state index contributed by atoms with van der Waals surface area (Å²) in [7, 11) is -17.3. The highest BCUT2D eigenvalue weighted by atomic mass is 28.5. The van der Waals surface area contributed by atoms with Crippen molar-refractivity contribution in [2.24, 2.45) is 0 Å². The second kappa shape index (κ2) is 16.0. The molecule has 0 aromatic rings. The summed E-state index contributed by atoms with van der Waals surface area (Å²) in [5.41, 5.74) is 0. The van der Waals surface area contributed by atoms with Gasteiger partial charge in [0.2, 0.25) is 0 Å². The highest BCUT2D eigenvalue weighted by molar-refractivity contribution is 6.92. The molecule has 0 aliphatic carbocycles. The third kappa shape index (κ3) is 19.7. The van der Waals surface area contributed by atoms with Crippen molar-refractivity contribution >= 4 is 65.3 Å². The summed E-state index contributed by atoms with van der Waals surface area (Å²) < 4.78 is 89.9. The molecule has 1 atom stereocenters. The van der Waals surface area contributed by atoms with Gasteiger partial charge in [0.1, 0.15) is 0 Å². The standard InChI is InChI=1S/C24H59F4NO7Si7/c1-16-17-20-37(2,3)31-39(6,7)33-41(10,11)35-43(14,15)36-42(12,13)34-40(8,9)32-38(4,5)21-18-19-29-23(30)22(25)24(26,27)28/h22H,16-21H2,1-15H3,(H,29,30). The van der Waals surface area contributed by atoms with E-state index >= 15 is 0 Å². The summed E-state index contributed by atoms with van der Waals surface area (Å²) in [4.78, 5) is 11.4. The Balaban J connectivity index is 5.13. The molecule has 0 spiro atoms. The summed E-state index contributed by atoms with van der Waals surface area (Å²) >= 11 is 0. The van der Waals surface area contributed by atoms with Crippen LogP contribution >= 0.6 is 0 Å². The van der Waals surface area contributed by atoms with Gasteiger partial charge in [-0.15, -0.1) is 0 Å². The van der Waals surface area contributed by atoms with E-state index in [-0.39, 0.29) is 6.54 Å². The van der Waals surface area contributed by atoms with Gasteiger partial charge >= 0.3 is 49.0 Å². The molecule has 0 saturated heterocycles. The quantitative estimate of drug-likeness (QED) is 0.0764. The first kappa shape index (κ1) is 43.5. The summed E-state index contributed by atoms with van der Waals surface area (Å²) in [6.07, 6.45) is -6.07. The zero-order valence-corrected chi connectivity index (χ0v) is 36.2. The van der Waals surface area contributed by atoms with Crippen LogP contribution in [-0.4, -0.2) is 84.2 Å². The summed E-state index contributed by atoms with van der Waals surface area (Å²) in [6.45, 7) is 30.7. The Labute approximate surface area is 265 Å². The van der Waals surface area contributed by atoms with E-state index in [1.165, 1.54) is 0 Å². The van der Waals surface area contributed by atoms with E-state index in [1.807, 2.05) is 70.8 Å². The van der Waals surface area contributed by atoms with Crippen molar-refractivity contribution in [1.29, 1.82) is 0 Å². The van der Waals surface area contributed by atoms with Crippen molar-refractivity contribution < 1.29 is 47.0 Å². The Morgan fingerprint density at radius 2 is 0.907 bits per heavy atom. The minimum atomic E-state index is -5.21. The number of alkyl halides is 4. The molecule has 1 unspecified atom stereocenters. The van der Waals surface area contributed by atoms with Crippen molar-refractivity contribution in [2.45, 2.75) is 142 Å². The summed E-state index contributed by atoms with van der Waals surface area (Å²) in [6, 6.07) is 1.66. The van der Waals surface area contributed by atoms with Crippen LogP contribution in [0.2, 0.25) is 104 Å². The molecule has 0 heterocycles. The smallest absolute Gasteiger partial charge is 0.428 e. The molecular weight excluding hydrogens is 687 g/mol. The highest BCUT2D eigenvalue weighted by Crippen LogP contribution is 2.30. The third-order valence-electron chi connectivity index (χ3n) is 5.92. The lowest BCUT2D eigenvalue weighted by Gasteiger charge is -2.44. The molecule has 0 aromatic heterocycles. The number of carbonyl (C=O) groups excluding carboxylic acids is 1. The molecule has 8 nitrogen and oxygen atoms in total. The number of nitrogens with one attached hydrogen (secondary N) is 1. The molecule has 0 aliphatic heterocycles. The molecule has 0 rings (SSSR count). The molecule has 258 valence electrons. The van der Waals surface area contributed by atoms with E-state index in [0.29, 0.717) is 12.5 Å². The Morgan fingerprint density at radius 3 is 1.21 bits per heavy atom. The van der Waals surface area contributed by atoms with Crippen LogP contribution in [0.5, 0.6) is 0 Å². The maximum atomic E-state index is 13.1. The molecule has 0 aromatic carbocycles. The highest BCUT2D eigenvalue weighted by Gasteiger charge is 2.48. The zero-order chi connectivity index (χ0) is 34.3. The van der Waals surface area contributed by atoms with Crippen molar-refractivity contribution in [1.82, 2.24) is 5.32 Å². The van der Waals surface area contributed by atoms with Gasteiger partial charge in [-0.05, 0) is 110 Å². The van der Waals surface area contributed by atoms with Crippen LogP contribution < -0.4 is 5.32 Å². The fourth-order valence-corrected chi connectivity index (χ4v) is 40.8. The molecule has 0 aliphatic rings. The van der Waals surface area contributed by atoms with Crippen LogP contribution in [0.1, 0.15) is 26.2 Å². The van der Waals surface area contributed by atoms with Gasteiger partial charge in [0.15, 0.2) is 16.6 Å². The number of unbranched alkanes of at least 4 members (excludes halogenated alkanes) is 1. The minimum Gasteiger partial charge on any atom is -0.436 e. The fourth-order valence-electron chi connectivity index (χ4n) is 5.47. The van der Waals surface area contributed by atoms with E-state index in [4.69, 9.17) is 24.7 Å². The lowest BCUT2D eigenvalue weighted by Crippen LogP contribution is -2.61. The van der Waals surface area contributed by atoms with Gasteiger partial charge in [-0.1, -0.05) is 19.8 Å². The van der Waals surface area contributed by atoms with Crippen molar-refractivity contribution in [3.05, 3.63) is 0 Å². The minimum absolute atomic E-state index is 0.0662. The molecular formula is C24H59F4NO7Si7. The number of halogens is 4. The summed E-state index contributed by atoms with van der Waals surface area (Å²) in [5, 5.41) is 2.02. The molecule has 0 radical (unpaired) electrons. The van der Waals surface area contributed by atoms with Gasteiger partial charge in [-0.2, -0.15) is 13.2 Å². The second-order valence-corrected chi connectivity index (χ2v) is 41.5. The number of amides is 1. The van der Waals surface area contributed by atoms with Crippen LogP contribution in [0.3, 0.4) is 0 Å². The molecule has 19 heteroatoms. The van der Waals surface area contributed by atoms with Gasteiger partial charge in [0.25, 0.3) is 12.1 Å². The number of hydrogen-bond acceptors (Lipinski definition) is 7. The molecule has 0 bridgehead atoms. The van der Waals surface area contributed by atoms with Crippen molar-refractivity contribution in [3.63, 3.8) is 0 Å². The SMILES string of the molecule is CCCC[Si](C)(C)O[Si](C)(C)O[Si](C)(C)O[Si](C)(C)O[Si](C)(C)O[Si](C)(C)O[Si](C)(C)CCCNC(=O)C(F)C(F)(F)F. The Bertz CT molecular complexity index is 893. The zero-order valence-electron chi connectivity index (χ0n) is 29.2. The Hall–Kier alpha value is 0.468. The normalized spacial score (nSPS) is 15.5. The maximum Gasteiger partial charge on any atom is 0.428 e. The topological polar surface area (TPSA) is 84.5 Å². The van der Waals surface area contributed by atoms with E-state index < -0.39 is 77.7 Å². The van der Waals surface area contributed by atoms with Gasteiger partial charge in [0, 0.05) is 6.54 Å². The molecule has 0 saturated carbocycles. The van der Waals surface area contributed by atoms with Crippen LogP contribution in [0.15, 0.2) is 0 Å². The third-order valence-corrected chi connectivity index (χ3v) is 33.1. The molecule has 43 heavy (non-hydrogen) atoms. The van der Waals surface area contributed by atoms with Crippen LogP contribution in [-0.2, 0) is 29.5 Å². The van der Waals surface area contributed by atoms with Gasteiger partial charge < -0.3 is 30.0 Å². The Morgan fingerprint density at radius 1 is 0.605 bits per heavy atom. The maximum absolute atomic E-state index is 13.1. The number of rotatable bonds is 20. The molecule has 0 fully saturated rings. The van der Waals surface area contributed by atoms with Gasteiger partial charge in [0.05, 0.1) is 0 Å². The molecule has 1 N–H and O–H groups in total. The van der Waals surface area contributed by atoms with Gasteiger partial charge in [-0.25, -0.2) is 4.39 Å². The number of carbonyl (C=O) groups is 1. The van der Waals surface area contributed by atoms with Crippen molar-refractivity contribution in [2.75, 3.05) is 6.54 Å². The van der Waals surface area contributed by atoms with E-state index in [2.05, 4.69) is 33.1 Å². The van der Waals surface area contributed by atoms with Crippen LogP contribution in [0.25, 0.3) is 0 Å². The predicted molar refractivity (Wildman–Crippen MR) is 182 cm³/mol. The van der Waals surface area contributed by atoms with E-state index in [1.54, 1.807) is 0 Å². The van der Waals surface area contributed by atoms with Gasteiger partial charge in [-0.3, -0.25) is 4.79 Å². The molecule has 1 amide bonds. The lowest BCUT2D eigenvalue weighted by molar-refractivity contribution is -0.186. The van der Waals surface area contributed by atoms with Crippen LogP contribution in [0.4, 0.5) is 17.6 Å². The Kier molecular flexibility index (Phi) is 16.2. The predicted octanol–water partition coefficient (Wildman–Crippen LogP) is 8.21. The lowest BCUT2D eigenvalue weighted by atomic mass is 10.3. The monoisotopic (exact) mass is 745 g/mol. The van der Waals surface area contributed by atoms with E-state index in [9.17, 15) is 22.4 Å². The van der Waals surface area contributed by atoms with Crippen LogP contribution in [0, 0.1) is 0 Å². The van der Waals surface area contributed by atoms with Crippen molar-refractivity contribution in [3.8, 4) is 0 Å².